The lowest BCUT2D eigenvalue weighted by atomic mass is 9.69. The molecule has 0 bridgehead atoms. The molecule has 3 nitrogen and oxygen atoms in total. The van der Waals surface area contributed by atoms with Crippen LogP contribution in [0.2, 0.25) is 0 Å². The maximum atomic E-state index is 12.1. The third-order valence-electron chi connectivity index (χ3n) is 4.00. The van der Waals surface area contributed by atoms with E-state index >= 15 is 0 Å². The van der Waals surface area contributed by atoms with E-state index in [1.165, 1.54) is 19.3 Å². The van der Waals surface area contributed by atoms with Gasteiger partial charge in [-0.25, -0.2) is 0 Å². The van der Waals surface area contributed by atoms with Gasteiger partial charge >= 0.3 is 0 Å². The van der Waals surface area contributed by atoms with E-state index in [9.17, 15) is 4.79 Å². The number of nitrogens with one attached hydrogen (secondary N) is 2. The van der Waals surface area contributed by atoms with Crippen molar-refractivity contribution in [3.05, 3.63) is 0 Å². The third-order valence-corrected chi connectivity index (χ3v) is 4.00. The molecule has 1 fully saturated rings. The van der Waals surface area contributed by atoms with Crippen molar-refractivity contribution in [2.45, 2.75) is 78.8 Å². The summed E-state index contributed by atoms with van der Waals surface area (Å²) in [6.07, 6.45) is 4.91. The van der Waals surface area contributed by atoms with Crippen molar-refractivity contribution in [1.82, 2.24) is 10.6 Å². The number of rotatable bonds is 3. The third kappa shape index (κ3) is 5.94. The molecule has 0 radical (unpaired) electrons. The van der Waals surface area contributed by atoms with E-state index in [2.05, 4.69) is 52.2 Å². The van der Waals surface area contributed by atoms with Gasteiger partial charge in [0.05, 0.1) is 6.54 Å². The maximum absolute atomic E-state index is 12.1. The van der Waals surface area contributed by atoms with Gasteiger partial charge in [-0.05, 0) is 44.9 Å². The largest absolute Gasteiger partial charge is 0.352 e. The lowest BCUT2D eigenvalue weighted by Crippen LogP contribution is -2.50. The Hall–Kier alpha value is -0.570. The van der Waals surface area contributed by atoms with Crippen LogP contribution in [0.4, 0.5) is 0 Å². The molecule has 1 aliphatic carbocycles. The van der Waals surface area contributed by atoms with E-state index < -0.39 is 0 Å². The molecule has 2 N–H and O–H groups in total. The topological polar surface area (TPSA) is 41.1 Å². The summed E-state index contributed by atoms with van der Waals surface area (Å²) in [6, 6.07) is 0.350. The van der Waals surface area contributed by atoms with Crippen molar-refractivity contribution in [3.63, 3.8) is 0 Å². The van der Waals surface area contributed by atoms with Crippen molar-refractivity contribution in [3.8, 4) is 0 Å². The summed E-state index contributed by atoms with van der Waals surface area (Å²) in [6.45, 7) is 13.5. The minimum Gasteiger partial charge on any atom is -0.352 e. The van der Waals surface area contributed by atoms with Gasteiger partial charge in [0.1, 0.15) is 0 Å². The van der Waals surface area contributed by atoms with E-state index in [-0.39, 0.29) is 16.9 Å². The number of hydrogen-bond donors (Lipinski definition) is 2. The lowest BCUT2D eigenvalue weighted by Gasteiger charge is -2.41. The van der Waals surface area contributed by atoms with Gasteiger partial charge in [-0.15, -0.1) is 0 Å². The van der Waals surface area contributed by atoms with Gasteiger partial charge in [-0.2, -0.15) is 0 Å². The van der Waals surface area contributed by atoms with Crippen LogP contribution in [0.15, 0.2) is 0 Å². The molecule has 1 saturated carbocycles. The molecule has 1 amide bonds. The molecule has 2 unspecified atom stereocenters. The quantitative estimate of drug-likeness (QED) is 0.826. The predicted octanol–water partition coefficient (Wildman–Crippen LogP) is 3.10. The van der Waals surface area contributed by atoms with E-state index in [0.717, 1.165) is 6.42 Å². The molecular weight excluding hydrogens is 236 g/mol. The molecular formula is C16H32N2O. The first-order valence-electron chi connectivity index (χ1n) is 7.64. The van der Waals surface area contributed by atoms with Crippen LogP contribution in [-0.2, 0) is 4.79 Å². The van der Waals surface area contributed by atoms with Crippen molar-refractivity contribution in [2.75, 3.05) is 6.54 Å². The van der Waals surface area contributed by atoms with Crippen molar-refractivity contribution in [1.29, 1.82) is 0 Å². The zero-order valence-electron chi connectivity index (χ0n) is 13.6. The van der Waals surface area contributed by atoms with Crippen molar-refractivity contribution in [2.24, 2.45) is 11.3 Å². The van der Waals surface area contributed by atoms with Crippen molar-refractivity contribution >= 4 is 5.91 Å². The molecule has 112 valence electrons. The number of hydrogen-bond acceptors (Lipinski definition) is 2. The Labute approximate surface area is 118 Å². The Kier molecular flexibility index (Phi) is 5.43. The van der Waals surface area contributed by atoms with E-state index in [1.807, 2.05) is 0 Å². The molecule has 0 saturated heterocycles. The van der Waals surface area contributed by atoms with E-state index in [0.29, 0.717) is 18.5 Å². The van der Waals surface area contributed by atoms with Gasteiger partial charge in [0.15, 0.2) is 0 Å². The molecule has 0 heterocycles. The van der Waals surface area contributed by atoms with Gasteiger partial charge in [0, 0.05) is 11.6 Å². The fourth-order valence-electron chi connectivity index (χ4n) is 2.94. The van der Waals surface area contributed by atoms with Crippen molar-refractivity contribution < 1.29 is 4.79 Å². The second kappa shape index (κ2) is 6.25. The first-order valence-corrected chi connectivity index (χ1v) is 7.64. The second-order valence-electron chi connectivity index (χ2n) is 8.03. The fraction of sp³-hybridized carbons (Fsp3) is 0.938. The highest BCUT2D eigenvalue weighted by Crippen LogP contribution is 2.37. The Morgan fingerprint density at radius 1 is 1.05 bits per heavy atom. The van der Waals surface area contributed by atoms with Gasteiger partial charge in [-0.3, -0.25) is 4.79 Å². The van der Waals surface area contributed by atoms with Gasteiger partial charge in [-0.1, -0.05) is 33.6 Å². The van der Waals surface area contributed by atoms with E-state index in [4.69, 9.17) is 0 Å². The zero-order chi connectivity index (χ0) is 14.7. The van der Waals surface area contributed by atoms with Gasteiger partial charge < -0.3 is 10.6 Å². The monoisotopic (exact) mass is 268 g/mol. The molecule has 0 aromatic rings. The lowest BCUT2D eigenvalue weighted by molar-refractivity contribution is -0.122. The van der Waals surface area contributed by atoms with Crippen LogP contribution < -0.4 is 10.6 Å². The Balaban J connectivity index is 2.51. The van der Waals surface area contributed by atoms with Crippen LogP contribution in [-0.4, -0.2) is 24.0 Å². The predicted molar refractivity (Wildman–Crippen MR) is 81.1 cm³/mol. The minimum atomic E-state index is -0.00661. The molecule has 1 rings (SSSR count). The smallest absolute Gasteiger partial charge is 0.234 e. The summed E-state index contributed by atoms with van der Waals surface area (Å²) in [4.78, 5) is 12.1. The first kappa shape index (κ1) is 16.5. The van der Waals surface area contributed by atoms with Gasteiger partial charge in [0.25, 0.3) is 0 Å². The molecule has 3 heteroatoms. The minimum absolute atomic E-state index is 0.00661. The van der Waals surface area contributed by atoms with Gasteiger partial charge in [0.2, 0.25) is 5.91 Å². The summed E-state index contributed by atoms with van der Waals surface area (Å²) in [5, 5.41) is 6.50. The highest BCUT2D eigenvalue weighted by Gasteiger charge is 2.34. The van der Waals surface area contributed by atoms with E-state index in [1.54, 1.807) is 0 Å². The Morgan fingerprint density at radius 2 is 1.63 bits per heavy atom. The highest BCUT2D eigenvalue weighted by atomic mass is 16.2. The Bertz CT molecular complexity index is 299. The summed E-state index contributed by atoms with van der Waals surface area (Å²) in [5.41, 5.74) is 0.267. The molecule has 0 aromatic carbocycles. The molecule has 19 heavy (non-hydrogen) atoms. The van der Waals surface area contributed by atoms with Crippen LogP contribution in [0.3, 0.4) is 0 Å². The van der Waals surface area contributed by atoms with Crippen LogP contribution >= 0.6 is 0 Å². The maximum Gasteiger partial charge on any atom is 0.234 e. The summed E-state index contributed by atoms with van der Waals surface area (Å²) < 4.78 is 0. The number of carbonyl (C=O) groups excluding carboxylic acids is 1. The standard InChI is InChI=1S/C16H32N2O/c1-15(2,3)12-9-7-8-10-13(12)18-14(19)11-17-16(4,5)6/h12-13,17H,7-11H2,1-6H3,(H,18,19). The SMILES string of the molecule is CC(C)(C)NCC(=O)NC1CCCCC1C(C)(C)C. The first-order chi connectivity index (χ1) is 8.59. The van der Waals surface area contributed by atoms with Crippen LogP contribution in [0.25, 0.3) is 0 Å². The fourth-order valence-corrected chi connectivity index (χ4v) is 2.94. The number of amides is 1. The zero-order valence-corrected chi connectivity index (χ0v) is 13.6. The van der Waals surface area contributed by atoms with Crippen LogP contribution in [0, 0.1) is 11.3 Å². The Morgan fingerprint density at radius 3 is 2.16 bits per heavy atom. The normalized spacial score (nSPS) is 25.2. The molecule has 1 aliphatic rings. The highest BCUT2D eigenvalue weighted by molar-refractivity contribution is 5.78. The second-order valence-corrected chi connectivity index (χ2v) is 8.03. The summed E-state index contributed by atoms with van der Waals surface area (Å²) in [5.74, 6) is 0.732. The van der Waals surface area contributed by atoms with Crippen LogP contribution in [0.5, 0.6) is 0 Å². The molecule has 2 atom stereocenters. The molecule has 0 aliphatic heterocycles. The summed E-state index contributed by atoms with van der Waals surface area (Å²) >= 11 is 0. The molecule has 0 spiro atoms. The van der Waals surface area contributed by atoms with Crippen LogP contribution in [0.1, 0.15) is 67.2 Å². The number of carbonyl (C=O) groups is 1. The average Bonchev–Trinajstić information content (AvgIpc) is 2.25. The average molecular weight is 268 g/mol. The molecule has 0 aromatic heterocycles. The summed E-state index contributed by atoms with van der Waals surface area (Å²) in [7, 11) is 0.